The highest BCUT2D eigenvalue weighted by atomic mass is 35.5. The lowest BCUT2D eigenvalue weighted by Crippen LogP contribution is -2.00. The Morgan fingerprint density at radius 2 is 1.42 bits per heavy atom. The fraction of sp³-hybridized carbons (Fsp3) is 0.632. The van der Waals surface area contributed by atoms with E-state index in [9.17, 15) is 4.79 Å². The summed E-state index contributed by atoms with van der Waals surface area (Å²) in [5.74, 6) is 0.499. The van der Waals surface area contributed by atoms with Gasteiger partial charge >= 0.3 is 0 Å². The normalized spacial score (nSPS) is 10.8. The van der Waals surface area contributed by atoms with Gasteiger partial charge in [-0.25, -0.2) is 0 Å². The zero-order valence-corrected chi connectivity index (χ0v) is 16.7. The monoisotopic (exact) mass is 392 g/mol. The van der Waals surface area contributed by atoms with E-state index in [1.807, 2.05) is 0 Å². The molecule has 0 aliphatic carbocycles. The summed E-state index contributed by atoms with van der Waals surface area (Å²) in [4.78, 5) is 11.2. The van der Waals surface area contributed by atoms with E-state index in [1.54, 1.807) is 6.07 Å². The Kier molecular flexibility index (Phi) is 11.6. The molecule has 0 N–H and O–H groups in total. The van der Waals surface area contributed by atoms with Gasteiger partial charge in [0, 0.05) is 0 Å². The largest absolute Gasteiger partial charge is 0.492 e. The third kappa shape index (κ3) is 8.09. The average molecular weight is 394 g/mol. The molecule has 0 fully saturated rings. The van der Waals surface area contributed by atoms with Crippen LogP contribution in [0.15, 0.2) is 12.1 Å². The minimum atomic E-state index is -0.622. The van der Waals surface area contributed by atoms with Crippen LogP contribution < -0.4 is 4.74 Å². The number of unbranched alkanes of at least 4 members (excludes halogenated alkanes) is 9. The Hall–Kier alpha value is -0.440. The van der Waals surface area contributed by atoms with Gasteiger partial charge in [-0.3, -0.25) is 4.79 Å². The molecule has 0 bridgehead atoms. The maximum atomic E-state index is 11.2. The lowest BCUT2D eigenvalue weighted by atomic mass is 10.1. The Bertz CT molecular complexity index is 504. The van der Waals surface area contributed by atoms with Gasteiger partial charge in [-0.15, -0.1) is 0 Å². The molecule has 24 heavy (non-hydrogen) atoms. The first-order valence-electron chi connectivity index (χ1n) is 8.88. The summed E-state index contributed by atoms with van der Waals surface area (Å²) in [5.41, 5.74) is 0.203. The first-order valence-corrected chi connectivity index (χ1v) is 10.0. The highest BCUT2D eigenvalue weighted by Crippen LogP contribution is 2.35. The zero-order chi connectivity index (χ0) is 17.8. The van der Waals surface area contributed by atoms with Crippen LogP contribution in [0, 0.1) is 0 Å². The molecule has 0 aliphatic heterocycles. The van der Waals surface area contributed by atoms with E-state index in [0.717, 1.165) is 12.8 Å². The first kappa shape index (κ1) is 21.6. The maximum Gasteiger partial charge on any atom is 0.253 e. The molecular formula is C19H27Cl3O2. The molecule has 0 aromatic heterocycles. The molecule has 0 amide bonds. The Labute approximate surface area is 160 Å². The third-order valence-corrected chi connectivity index (χ3v) is 5.08. The van der Waals surface area contributed by atoms with E-state index in [1.165, 1.54) is 57.4 Å². The summed E-state index contributed by atoms with van der Waals surface area (Å²) < 4.78 is 5.65. The van der Waals surface area contributed by atoms with Crippen molar-refractivity contribution in [1.29, 1.82) is 0 Å². The predicted octanol–water partition coefficient (Wildman–Crippen LogP) is 7.67. The summed E-state index contributed by atoms with van der Waals surface area (Å²) in [6, 6.07) is 3.18. The summed E-state index contributed by atoms with van der Waals surface area (Å²) in [5, 5.41) is -0.226. The van der Waals surface area contributed by atoms with Gasteiger partial charge < -0.3 is 4.74 Å². The number of hydrogen-bond acceptors (Lipinski definition) is 2. The number of ether oxygens (including phenoxy) is 1. The van der Waals surface area contributed by atoms with Gasteiger partial charge in [-0.05, 0) is 30.2 Å². The Morgan fingerprint density at radius 1 is 0.875 bits per heavy atom. The molecule has 0 aliphatic rings. The number of hydrogen-bond donors (Lipinski definition) is 0. The van der Waals surface area contributed by atoms with Crippen molar-refractivity contribution in [1.82, 2.24) is 0 Å². The van der Waals surface area contributed by atoms with Crippen molar-refractivity contribution in [3.63, 3.8) is 0 Å². The predicted molar refractivity (Wildman–Crippen MR) is 104 cm³/mol. The molecule has 1 aromatic carbocycles. The Balaban J connectivity index is 2.13. The van der Waals surface area contributed by atoms with Crippen LogP contribution in [0.1, 0.15) is 81.5 Å². The summed E-state index contributed by atoms with van der Waals surface area (Å²) >= 11 is 17.6. The van der Waals surface area contributed by atoms with Gasteiger partial charge in [0.2, 0.25) is 0 Å². The molecule has 0 spiro atoms. The SMILES string of the molecule is CCCCCCCCCCCCOc1ccc(C(=O)Cl)c(Cl)c1Cl. The number of benzene rings is 1. The number of halogens is 3. The number of rotatable bonds is 13. The summed E-state index contributed by atoms with van der Waals surface area (Å²) in [6.45, 7) is 2.84. The fourth-order valence-corrected chi connectivity index (χ4v) is 3.23. The van der Waals surface area contributed by atoms with Crippen LogP contribution in [0.5, 0.6) is 5.75 Å². The molecule has 0 radical (unpaired) electrons. The lowest BCUT2D eigenvalue weighted by molar-refractivity contribution is 0.108. The van der Waals surface area contributed by atoms with Gasteiger partial charge in [0.1, 0.15) is 10.8 Å². The van der Waals surface area contributed by atoms with Crippen molar-refractivity contribution in [3.05, 3.63) is 27.7 Å². The lowest BCUT2D eigenvalue weighted by Gasteiger charge is -2.10. The fourth-order valence-electron chi connectivity index (χ4n) is 2.57. The van der Waals surface area contributed by atoms with Gasteiger partial charge in [0.15, 0.2) is 0 Å². The highest BCUT2D eigenvalue weighted by Gasteiger charge is 2.14. The van der Waals surface area contributed by atoms with Crippen LogP contribution in [0.4, 0.5) is 0 Å². The summed E-state index contributed by atoms with van der Waals surface area (Å²) in [7, 11) is 0. The van der Waals surface area contributed by atoms with Crippen molar-refractivity contribution < 1.29 is 9.53 Å². The molecule has 136 valence electrons. The van der Waals surface area contributed by atoms with Crippen LogP contribution in [0.25, 0.3) is 0 Å². The van der Waals surface area contributed by atoms with Crippen LogP contribution in [-0.2, 0) is 0 Å². The van der Waals surface area contributed by atoms with Crippen molar-refractivity contribution in [2.45, 2.75) is 71.1 Å². The highest BCUT2D eigenvalue weighted by molar-refractivity contribution is 6.69. The average Bonchev–Trinajstić information content (AvgIpc) is 2.56. The van der Waals surface area contributed by atoms with Crippen molar-refractivity contribution >= 4 is 40.0 Å². The van der Waals surface area contributed by atoms with Gasteiger partial charge in [0.05, 0.1) is 17.2 Å². The second kappa shape index (κ2) is 12.9. The second-order valence-electron chi connectivity index (χ2n) is 6.04. The molecule has 0 unspecified atom stereocenters. The van der Waals surface area contributed by atoms with E-state index in [0.29, 0.717) is 12.4 Å². The van der Waals surface area contributed by atoms with Gasteiger partial charge in [0.25, 0.3) is 5.24 Å². The van der Waals surface area contributed by atoms with Crippen molar-refractivity contribution in [3.8, 4) is 5.75 Å². The molecule has 2 nitrogen and oxygen atoms in total. The van der Waals surface area contributed by atoms with E-state index >= 15 is 0 Å². The van der Waals surface area contributed by atoms with Crippen molar-refractivity contribution in [2.24, 2.45) is 0 Å². The molecular weight excluding hydrogens is 367 g/mol. The Morgan fingerprint density at radius 3 is 1.96 bits per heavy atom. The molecule has 1 aromatic rings. The van der Waals surface area contributed by atoms with Gasteiger partial charge in [-0.1, -0.05) is 87.9 Å². The van der Waals surface area contributed by atoms with E-state index in [2.05, 4.69) is 6.92 Å². The molecule has 5 heteroatoms. The quantitative estimate of drug-likeness (QED) is 0.254. The standard InChI is InChI=1S/C19H27Cl3O2/c1-2-3-4-5-6-7-8-9-10-11-14-24-16-13-12-15(19(22)23)17(20)18(16)21/h12-13H,2-11,14H2,1H3. The number of carbonyl (C=O) groups excluding carboxylic acids is 1. The molecule has 0 atom stereocenters. The first-order chi connectivity index (χ1) is 11.6. The minimum absolute atomic E-state index is 0.150. The van der Waals surface area contributed by atoms with Gasteiger partial charge in [-0.2, -0.15) is 0 Å². The molecule has 0 saturated carbocycles. The minimum Gasteiger partial charge on any atom is -0.492 e. The molecule has 0 saturated heterocycles. The summed E-state index contributed by atoms with van der Waals surface area (Å²) in [6.07, 6.45) is 12.8. The maximum absolute atomic E-state index is 11.2. The van der Waals surface area contributed by atoms with Crippen LogP contribution in [-0.4, -0.2) is 11.8 Å². The van der Waals surface area contributed by atoms with E-state index < -0.39 is 5.24 Å². The van der Waals surface area contributed by atoms with Crippen LogP contribution in [0.2, 0.25) is 10.0 Å². The third-order valence-electron chi connectivity index (χ3n) is 4.01. The topological polar surface area (TPSA) is 26.3 Å². The van der Waals surface area contributed by atoms with Crippen LogP contribution >= 0.6 is 34.8 Å². The van der Waals surface area contributed by atoms with E-state index in [-0.39, 0.29) is 15.6 Å². The zero-order valence-electron chi connectivity index (χ0n) is 14.4. The smallest absolute Gasteiger partial charge is 0.253 e. The van der Waals surface area contributed by atoms with Crippen molar-refractivity contribution in [2.75, 3.05) is 6.61 Å². The second-order valence-corrected chi connectivity index (χ2v) is 7.14. The number of carbonyl (C=O) groups is 1. The van der Waals surface area contributed by atoms with E-state index in [4.69, 9.17) is 39.5 Å². The molecule has 1 rings (SSSR count). The molecule has 0 heterocycles. The van der Waals surface area contributed by atoms with Crippen LogP contribution in [0.3, 0.4) is 0 Å².